The van der Waals surface area contributed by atoms with E-state index in [1.165, 1.54) is 5.39 Å². The minimum Gasteiger partial charge on any atom is -0.318 e. The van der Waals surface area contributed by atoms with Crippen LogP contribution in [0.2, 0.25) is 0 Å². The number of nitrogens with zero attached hydrogens (tertiary/aromatic N) is 1. The van der Waals surface area contributed by atoms with Crippen LogP contribution in [-0.2, 0) is 5.41 Å². The van der Waals surface area contributed by atoms with Crippen molar-refractivity contribution in [3.05, 3.63) is 295 Å². The van der Waals surface area contributed by atoms with Gasteiger partial charge in [-0.25, -0.2) is 0 Å². The normalized spacial score (nSPS) is 15.8. The Morgan fingerprint density at radius 1 is 0.621 bits per heavy atom. The van der Waals surface area contributed by atoms with Gasteiger partial charge in [-0.1, -0.05) is 214 Å². The Morgan fingerprint density at radius 2 is 1.24 bits per heavy atom. The van der Waals surface area contributed by atoms with Crippen molar-refractivity contribution in [1.82, 2.24) is 4.90 Å². The SMILES string of the molecule is [2H]C=C(/C([2H])=C(/[2H])C(=C[2H])N(/C=C/C1=C(C=C)c2ccccc2C1(c1ccccc1)c1ccccc1)/C(C=C)=C/C=C/c1cc2ccccc2c2ccccc12)c1ccccc1. The molecule has 0 saturated heterocycles. The molecule has 0 heterocycles. The molecule has 1 heteroatoms. The molecular formula is C57H45N. The summed E-state index contributed by atoms with van der Waals surface area (Å²) in [6, 6.07) is 57.0. The van der Waals surface area contributed by atoms with E-state index in [0.717, 1.165) is 68.2 Å². The van der Waals surface area contributed by atoms with Gasteiger partial charge in [0.2, 0.25) is 0 Å². The lowest BCUT2D eigenvalue weighted by molar-refractivity contribution is 0.613. The first kappa shape index (κ1) is 32.7. The minimum absolute atomic E-state index is 0.124. The lowest BCUT2D eigenvalue weighted by Gasteiger charge is -2.35. The first-order valence-electron chi connectivity index (χ1n) is 21.5. The zero-order valence-corrected chi connectivity index (χ0v) is 32.2. The van der Waals surface area contributed by atoms with Gasteiger partial charge in [-0.2, -0.15) is 0 Å². The molecule has 278 valence electrons. The van der Waals surface area contributed by atoms with Crippen molar-refractivity contribution < 1.29 is 5.48 Å². The molecule has 0 radical (unpaired) electrons. The van der Waals surface area contributed by atoms with E-state index < -0.39 is 5.41 Å². The van der Waals surface area contributed by atoms with Crippen LogP contribution in [0.25, 0.3) is 38.8 Å². The predicted molar refractivity (Wildman–Crippen MR) is 250 cm³/mol. The molecule has 0 aromatic heterocycles. The first-order valence-corrected chi connectivity index (χ1v) is 19.3. The molecule has 0 amide bonds. The van der Waals surface area contributed by atoms with Crippen molar-refractivity contribution in [3.8, 4) is 0 Å². The molecule has 0 atom stereocenters. The summed E-state index contributed by atoms with van der Waals surface area (Å²) in [5.41, 5.74) is 8.12. The largest absolute Gasteiger partial charge is 0.318 e. The summed E-state index contributed by atoms with van der Waals surface area (Å²) in [6.07, 6.45) is 13.5. The molecule has 0 spiro atoms. The molecule has 0 unspecified atom stereocenters. The average Bonchev–Trinajstić information content (AvgIpc) is 3.62. The third-order valence-electron chi connectivity index (χ3n) is 10.8. The summed E-state index contributed by atoms with van der Waals surface area (Å²) in [4.78, 5) is 1.74. The maximum Gasteiger partial charge on any atom is 0.0714 e. The molecule has 1 nitrogen and oxygen atoms in total. The minimum atomic E-state index is -0.751. The van der Waals surface area contributed by atoms with Crippen molar-refractivity contribution in [1.29, 1.82) is 0 Å². The summed E-state index contributed by atoms with van der Waals surface area (Å²) >= 11 is 0. The highest BCUT2D eigenvalue weighted by molar-refractivity contribution is 6.10. The second kappa shape index (κ2) is 16.7. The van der Waals surface area contributed by atoms with Gasteiger partial charge in [0.1, 0.15) is 0 Å². The maximum atomic E-state index is 9.51. The smallest absolute Gasteiger partial charge is 0.0714 e. The van der Waals surface area contributed by atoms with Crippen LogP contribution in [0.1, 0.15) is 38.9 Å². The van der Waals surface area contributed by atoms with Gasteiger partial charge in [-0.15, -0.1) is 0 Å². The maximum absolute atomic E-state index is 9.51. The van der Waals surface area contributed by atoms with Gasteiger partial charge in [-0.3, -0.25) is 0 Å². The van der Waals surface area contributed by atoms with Crippen LogP contribution >= 0.6 is 0 Å². The quantitative estimate of drug-likeness (QED) is 0.0839. The summed E-state index contributed by atoms with van der Waals surface area (Å²) in [5, 5.41) is 4.60. The number of hydrogen-bond acceptors (Lipinski definition) is 1. The number of hydrogen-bond donors (Lipinski definition) is 0. The molecule has 58 heavy (non-hydrogen) atoms. The third-order valence-corrected chi connectivity index (χ3v) is 10.8. The van der Waals surface area contributed by atoms with Crippen LogP contribution in [0.15, 0.2) is 262 Å². The van der Waals surface area contributed by atoms with Crippen LogP contribution < -0.4 is 0 Å². The van der Waals surface area contributed by atoms with E-state index in [1.807, 2.05) is 91.2 Å². The Bertz CT molecular complexity index is 2980. The topological polar surface area (TPSA) is 3.24 Å². The van der Waals surface area contributed by atoms with E-state index >= 15 is 0 Å². The lowest BCUT2D eigenvalue weighted by atomic mass is 9.67. The summed E-state index contributed by atoms with van der Waals surface area (Å²) in [7, 11) is 0. The third kappa shape index (κ3) is 6.95. The summed E-state index contributed by atoms with van der Waals surface area (Å²) in [5.74, 6) is 0. The van der Waals surface area contributed by atoms with Gasteiger partial charge in [0.05, 0.1) is 10.9 Å². The van der Waals surface area contributed by atoms with E-state index in [4.69, 9.17) is 2.74 Å². The fourth-order valence-electron chi connectivity index (χ4n) is 8.19. The zero-order valence-electron chi connectivity index (χ0n) is 36.2. The van der Waals surface area contributed by atoms with Crippen molar-refractivity contribution in [2.45, 2.75) is 5.41 Å². The van der Waals surface area contributed by atoms with E-state index in [1.54, 1.807) is 11.0 Å². The van der Waals surface area contributed by atoms with Gasteiger partial charge in [0, 0.05) is 17.6 Å². The first-order chi connectivity index (χ1) is 30.5. The molecule has 1 aliphatic carbocycles. The highest BCUT2D eigenvalue weighted by Gasteiger charge is 2.46. The Hall–Kier alpha value is -7.48. The van der Waals surface area contributed by atoms with Crippen molar-refractivity contribution in [3.63, 3.8) is 0 Å². The van der Waals surface area contributed by atoms with Crippen LogP contribution in [-0.4, -0.2) is 4.90 Å². The summed E-state index contributed by atoms with van der Waals surface area (Å²) in [6.45, 7) is 10.7. The molecule has 0 aliphatic heterocycles. The number of fused-ring (bicyclic) bond motifs is 4. The standard InChI is InChI=1S/C57H45N/c1-5-49(31-22-26-46-41-45-25-16-17-32-51(45)53-34-19-18-33-52(46)53)58(43(4)38-37-42(3)44-23-10-7-11-24-44)40-39-56-50(6-2)54-35-20-21-36-55(54)57(56,47-27-12-8-13-28-47)48-29-14-9-15-30-48/h5-41H,1-4H2/b26-22+,38-37-,40-39+,49-31+/i3D,4D,37D,38D/b26-22+,38-37-,40-39+,42-3?,43-4?,49-31+. The molecule has 7 aromatic rings. The molecule has 0 saturated carbocycles. The number of benzene rings is 7. The zero-order chi connectivity index (χ0) is 43.1. The molecule has 0 bridgehead atoms. The lowest BCUT2D eigenvalue weighted by Crippen LogP contribution is -2.29. The fraction of sp³-hybridized carbons (Fsp3) is 0.0175. The second-order valence-electron chi connectivity index (χ2n) is 14.0. The Balaban J connectivity index is 1.33. The molecule has 1 aliphatic rings. The van der Waals surface area contributed by atoms with E-state index in [-0.39, 0.29) is 23.4 Å². The number of rotatable bonds is 13. The average molecular weight is 748 g/mol. The van der Waals surface area contributed by atoms with Gasteiger partial charge in [-0.05, 0) is 102 Å². The van der Waals surface area contributed by atoms with Crippen LogP contribution in [0.4, 0.5) is 0 Å². The van der Waals surface area contributed by atoms with E-state index in [2.05, 4.69) is 128 Å². The highest BCUT2D eigenvalue weighted by atomic mass is 15.1. The molecular weight excluding hydrogens is 699 g/mol. The molecule has 7 aromatic carbocycles. The second-order valence-corrected chi connectivity index (χ2v) is 14.0. The fourth-order valence-corrected chi connectivity index (χ4v) is 8.19. The van der Waals surface area contributed by atoms with Gasteiger partial charge >= 0.3 is 0 Å². The van der Waals surface area contributed by atoms with Gasteiger partial charge in [0.15, 0.2) is 0 Å². The molecule has 8 rings (SSSR count). The number of allylic oxidation sites excluding steroid dienone is 10. The Morgan fingerprint density at radius 3 is 1.91 bits per heavy atom. The monoisotopic (exact) mass is 747 g/mol. The van der Waals surface area contributed by atoms with Crippen molar-refractivity contribution in [2.75, 3.05) is 0 Å². The van der Waals surface area contributed by atoms with E-state index in [9.17, 15) is 2.74 Å². The van der Waals surface area contributed by atoms with Crippen LogP contribution in [0.5, 0.6) is 0 Å². The van der Waals surface area contributed by atoms with Crippen molar-refractivity contribution >= 4 is 38.8 Å². The molecule has 0 N–H and O–H groups in total. The Kier molecular flexibility index (Phi) is 9.43. The summed E-state index contributed by atoms with van der Waals surface area (Å²) < 4.78 is 35.9. The predicted octanol–water partition coefficient (Wildman–Crippen LogP) is 14.7. The molecule has 0 fully saturated rings. The van der Waals surface area contributed by atoms with Gasteiger partial charge in [0.25, 0.3) is 0 Å². The van der Waals surface area contributed by atoms with E-state index in [0.29, 0.717) is 11.3 Å². The van der Waals surface area contributed by atoms with Gasteiger partial charge < -0.3 is 4.90 Å². The highest BCUT2D eigenvalue weighted by Crippen LogP contribution is 2.55. The Labute approximate surface area is 348 Å². The van der Waals surface area contributed by atoms with Crippen LogP contribution in [0.3, 0.4) is 0 Å². The van der Waals surface area contributed by atoms with Crippen molar-refractivity contribution in [2.24, 2.45) is 0 Å². The van der Waals surface area contributed by atoms with Crippen LogP contribution in [0, 0.1) is 0 Å².